The van der Waals surface area contributed by atoms with Crippen molar-refractivity contribution >= 4 is 17.7 Å². The maximum atomic E-state index is 12.5. The van der Waals surface area contributed by atoms with Gasteiger partial charge in [0.05, 0.1) is 5.92 Å². The third-order valence-corrected chi connectivity index (χ3v) is 5.24. The Morgan fingerprint density at radius 3 is 2.45 bits per heavy atom. The molecule has 22 heavy (non-hydrogen) atoms. The third-order valence-electron chi connectivity index (χ3n) is 4.04. The minimum atomic E-state index is -0.340. The fraction of sp³-hybridized carbons (Fsp3) is 0.632. The molecule has 1 aliphatic heterocycles. The summed E-state index contributed by atoms with van der Waals surface area (Å²) in [4.78, 5) is 13.7. The molecule has 1 heterocycles. The summed E-state index contributed by atoms with van der Waals surface area (Å²) in [6.45, 7) is 10.6. The molecule has 0 spiro atoms. The molecule has 1 aromatic rings. The van der Waals surface area contributed by atoms with E-state index in [9.17, 15) is 4.79 Å². The highest BCUT2D eigenvalue weighted by atomic mass is 32.2. The number of benzene rings is 1. The quantitative estimate of drug-likeness (QED) is 0.565. The summed E-state index contributed by atoms with van der Waals surface area (Å²) in [5.74, 6) is 1.36. The summed E-state index contributed by atoms with van der Waals surface area (Å²) >= 11 is 1.85. The van der Waals surface area contributed by atoms with Gasteiger partial charge in [-0.1, -0.05) is 39.0 Å². The number of hydrogen-bond donors (Lipinski definition) is 0. The lowest BCUT2D eigenvalue weighted by molar-refractivity contribution is -0.176. The van der Waals surface area contributed by atoms with E-state index >= 15 is 0 Å². The van der Waals surface area contributed by atoms with Gasteiger partial charge in [0.25, 0.3) is 0 Å². The highest BCUT2D eigenvalue weighted by molar-refractivity contribution is 7.99. The van der Waals surface area contributed by atoms with E-state index in [1.165, 1.54) is 4.90 Å². The fourth-order valence-corrected chi connectivity index (χ4v) is 4.27. The zero-order valence-electron chi connectivity index (χ0n) is 14.4. The highest BCUT2D eigenvalue weighted by Gasteiger charge is 2.43. The number of ether oxygens (including phenoxy) is 1. The molecule has 3 heteroatoms. The Kier molecular flexibility index (Phi) is 5.26. The average Bonchev–Trinajstić information content (AvgIpc) is 2.39. The summed E-state index contributed by atoms with van der Waals surface area (Å²) in [5, 5.41) is 0. The van der Waals surface area contributed by atoms with Crippen LogP contribution in [0.4, 0.5) is 0 Å². The van der Waals surface area contributed by atoms with Crippen LogP contribution in [-0.2, 0) is 9.53 Å². The molecule has 1 aliphatic rings. The van der Waals surface area contributed by atoms with Crippen molar-refractivity contribution in [2.75, 3.05) is 5.75 Å². The maximum absolute atomic E-state index is 12.5. The van der Waals surface area contributed by atoms with Crippen molar-refractivity contribution in [2.24, 2.45) is 17.3 Å². The van der Waals surface area contributed by atoms with Crippen LogP contribution in [0.5, 0.6) is 0 Å². The van der Waals surface area contributed by atoms with Crippen LogP contribution in [0.15, 0.2) is 35.2 Å². The van der Waals surface area contributed by atoms with Gasteiger partial charge < -0.3 is 4.74 Å². The van der Waals surface area contributed by atoms with Gasteiger partial charge in [0, 0.05) is 10.6 Å². The first-order valence-corrected chi connectivity index (χ1v) is 9.06. The monoisotopic (exact) mass is 320 g/mol. The Morgan fingerprint density at radius 2 is 1.86 bits per heavy atom. The molecule has 0 aliphatic carbocycles. The van der Waals surface area contributed by atoms with Gasteiger partial charge in [-0.3, -0.25) is 4.79 Å². The first-order chi connectivity index (χ1) is 10.2. The van der Waals surface area contributed by atoms with Gasteiger partial charge in [-0.25, -0.2) is 0 Å². The summed E-state index contributed by atoms with van der Waals surface area (Å²) in [6, 6.07) is 10.4. The van der Waals surface area contributed by atoms with Crippen LogP contribution in [0.2, 0.25) is 0 Å². The maximum Gasteiger partial charge on any atom is 0.309 e. The van der Waals surface area contributed by atoms with Crippen LogP contribution in [0.25, 0.3) is 0 Å². The highest BCUT2D eigenvalue weighted by Crippen LogP contribution is 2.41. The molecular weight excluding hydrogens is 292 g/mol. The van der Waals surface area contributed by atoms with E-state index in [0.717, 1.165) is 18.6 Å². The molecule has 0 aromatic heterocycles. The minimum Gasteiger partial charge on any atom is -0.459 e. The van der Waals surface area contributed by atoms with Crippen LogP contribution in [-0.4, -0.2) is 17.3 Å². The van der Waals surface area contributed by atoms with E-state index in [1.807, 2.05) is 31.7 Å². The Balaban J connectivity index is 2.09. The fourth-order valence-electron chi connectivity index (χ4n) is 3.16. The van der Waals surface area contributed by atoms with Crippen LogP contribution in [0.1, 0.15) is 47.5 Å². The smallest absolute Gasteiger partial charge is 0.309 e. The number of thioether (sulfide) groups is 1. The predicted octanol–water partition coefficient (Wildman–Crippen LogP) is 5.17. The standard InChI is InChI=1S/C19H28O2S/c1-18(2,3)12-16-14(11-19(4,5)21-17(16)20)13-22-15-9-7-6-8-10-15/h6-10,14,16H,11-13H2,1-5H3/t14-,16-/m0/s1. The van der Waals surface area contributed by atoms with E-state index in [4.69, 9.17) is 4.74 Å². The van der Waals surface area contributed by atoms with E-state index in [-0.39, 0.29) is 22.9 Å². The Labute approximate surface area is 139 Å². The van der Waals surface area contributed by atoms with Crippen LogP contribution < -0.4 is 0 Å². The number of carbonyl (C=O) groups excluding carboxylic acids is 1. The Morgan fingerprint density at radius 1 is 1.23 bits per heavy atom. The number of cyclic esters (lactones) is 1. The minimum absolute atomic E-state index is 0.00941. The average molecular weight is 320 g/mol. The lowest BCUT2D eigenvalue weighted by atomic mass is 9.74. The third kappa shape index (κ3) is 5.05. The molecule has 0 N–H and O–H groups in total. The first-order valence-electron chi connectivity index (χ1n) is 8.07. The van der Waals surface area contributed by atoms with Crippen molar-refractivity contribution < 1.29 is 9.53 Å². The van der Waals surface area contributed by atoms with Gasteiger partial charge in [-0.05, 0) is 50.2 Å². The summed E-state index contributed by atoms with van der Waals surface area (Å²) in [7, 11) is 0. The molecule has 0 amide bonds. The molecule has 1 saturated heterocycles. The molecule has 2 rings (SSSR count). The van der Waals surface area contributed by atoms with Gasteiger partial charge in [0.15, 0.2) is 0 Å². The van der Waals surface area contributed by atoms with Crippen molar-refractivity contribution in [3.05, 3.63) is 30.3 Å². The Bertz CT molecular complexity index is 502. The molecule has 2 atom stereocenters. The van der Waals surface area contributed by atoms with Crippen molar-refractivity contribution in [1.82, 2.24) is 0 Å². The van der Waals surface area contributed by atoms with Gasteiger partial charge in [0.1, 0.15) is 5.60 Å². The Hall–Kier alpha value is -0.960. The largest absolute Gasteiger partial charge is 0.459 e. The number of esters is 1. The lowest BCUT2D eigenvalue weighted by Gasteiger charge is -2.41. The molecule has 0 radical (unpaired) electrons. The van der Waals surface area contributed by atoms with Crippen molar-refractivity contribution in [3.63, 3.8) is 0 Å². The zero-order chi connectivity index (χ0) is 16.4. The summed E-state index contributed by atoms with van der Waals surface area (Å²) in [5.41, 5.74) is -0.200. The van der Waals surface area contributed by atoms with Gasteiger partial charge in [-0.15, -0.1) is 11.8 Å². The molecule has 2 nitrogen and oxygen atoms in total. The molecule has 122 valence electrons. The topological polar surface area (TPSA) is 26.3 Å². The van der Waals surface area contributed by atoms with E-state index in [2.05, 4.69) is 45.0 Å². The molecule has 0 bridgehead atoms. The van der Waals surface area contributed by atoms with Crippen molar-refractivity contribution in [2.45, 2.75) is 58.0 Å². The van der Waals surface area contributed by atoms with E-state index in [1.54, 1.807) is 0 Å². The van der Waals surface area contributed by atoms with Gasteiger partial charge in [0.2, 0.25) is 0 Å². The molecule has 1 aromatic carbocycles. The van der Waals surface area contributed by atoms with E-state index < -0.39 is 0 Å². The number of rotatable bonds is 4. The van der Waals surface area contributed by atoms with E-state index in [0.29, 0.717) is 5.92 Å². The van der Waals surface area contributed by atoms with Crippen LogP contribution >= 0.6 is 11.8 Å². The lowest BCUT2D eigenvalue weighted by Crippen LogP contribution is -2.45. The molecule has 0 unspecified atom stereocenters. The predicted molar refractivity (Wildman–Crippen MR) is 93.0 cm³/mol. The van der Waals surface area contributed by atoms with Crippen molar-refractivity contribution in [1.29, 1.82) is 0 Å². The SMILES string of the molecule is CC(C)(C)C[C@@H]1C(=O)OC(C)(C)C[C@H]1CSc1ccccc1. The van der Waals surface area contributed by atoms with Crippen LogP contribution in [0, 0.1) is 17.3 Å². The second-order valence-corrected chi connectivity index (χ2v) is 9.23. The van der Waals surface area contributed by atoms with Gasteiger partial charge >= 0.3 is 5.97 Å². The normalized spacial score (nSPS) is 24.9. The molecule has 0 saturated carbocycles. The molecular formula is C19H28O2S. The summed E-state index contributed by atoms with van der Waals surface area (Å²) < 4.78 is 5.67. The summed E-state index contributed by atoms with van der Waals surface area (Å²) in [6.07, 6.45) is 1.83. The molecule has 1 fully saturated rings. The number of carbonyl (C=O) groups is 1. The van der Waals surface area contributed by atoms with Gasteiger partial charge in [-0.2, -0.15) is 0 Å². The zero-order valence-corrected chi connectivity index (χ0v) is 15.2. The second kappa shape index (κ2) is 6.66. The van der Waals surface area contributed by atoms with Crippen LogP contribution in [0.3, 0.4) is 0 Å². The first kappa shape index (κ1) is 17.4. The van der Waals surface area contributed by atoms with Crippen molar-refractivity contribution in [3.8, 4) is 0 Å². The number of hydrogen-bond acceptors (Lipinski definition) is 3. The second-order valence-electron chi connectivity index (χ2n) is 8.14.